The summed E-state index contributed by atoms with van der Waals surface area (Å²) in [6.07, 6.45) is -0.439. The van der Waals surface area contributed by atoms with Crippen LogP contribution in [0.3, 0.4) is 0 Å². The van der Waals surface area contributed by atoms with E-state index in [1.54, 1.807) is 6.92 Å². The first-order chi connectivity index (χ1) is 8.60. The molecule has 18 heavy (non-hydrogen) atoms. The number of aliphatic hydroxyl groups excluding tert-OH is 2. The zero-order valence-corrected chi connectivity index (χ0v) is 10.9. The molecule has 1 aromatic carbocycles. The number of aliphatic hydroxyl groups is 2. The molecule has 2 rings (SSSR count). The number of rotatable bonds is 3. The Labute approximate surface area is 108 Å². The monoisotopic (exact) mass is 251 g/mol. The van der Waals surface area contributed by atoms with Crippen molar-refractivity contribution >= 4 is 5.69 Å². The van der Waals surface area contributed by atoms with Crippen LogP contribution in [0.25, 0.3) is 0 Å². The molecular weight excluding hydrogens is 230 g/mol. The van der Waals surface area contributed by atoms with Crippen LogP contribution >= 0.6 is 0 Å². The number of ether oxygens (including phenoxy) is 1. The molecule has 1 aromatic rings. The van der Waals surface area contributed by atoms with Gasteiger partial charge in [0.25, 0.3) is 0 Å². The minimum absolute atomic E-state index is 0.0482. The van der Waals surface area contributed by atoms with Crippen molar-refractivity contribution in [3.8, 4) is 0 Å². The molecule has 1 aliphatic heterocycles. The molecule has 0 bridgehead atoms. The van der Waals surface area contributed by atoms with E-state index in [1.165, 1.54) is 0 Å². The lowest BCUT2D eigenvalue weighted by Gasteiger charge is -2.37. The Morgan fingerprint density at radius 1 is 1.33 bits per heavy atom. The summed E-state index contributed by atoms with van der Waals surface area (Å²) in [5.74, 6) is 0. The highest BCUT2D eigenvalue weighted by Crippen LogP contribution is 2.22. The summed E-state index contributed by atoms with van der Waals surface area (Å²) in [6.45, 7) is 5.35. The van der Waals surface area contributed by atoms with E-state index in [1.807, 2.05) is 31.2 Å². The lowest BCUT2D eigenvalue weighted by Crippen LogP contribution is -2.48. The van der Waals surface area contributed by atoms with Crippen molar-refractivity contribution in [2.45, 2.75) is 32.2 Å². The first-order valence-electron chi connectivity index (χ1n) is 6.39. The Hall–Kier alpha value is -1.10. The van der Waals surface area contributed by atoms with Gasteiger partial charge in [-0.05, 0) is 31.5 Å². The number of benzene rings is 1. The van der Waals surface area contributed by atoms with Gasteiger partial charge < -0.3 is 19.8 Å². The van der Waals surface area contributed by atoms with Crippen molar-refractivity contribution in [2.24, 2.45) is 0 Å². The second-order valence-electron chi connectivity index (χ2n) is 4.92. The maximum atomic E-state index is 9.48. The number of hydrogen-bond donors (Lipinski definition) is 2. The van der Waals surface area contributed by atoms with Gasteiger partial charge in [-0.25, -0.2) is 0 Å². The predicted octanol–water partition coefficient (Wildman–Crippen LogP) is 1.33. The Balaban J connectivity index is 2.10. The third kappa shape index (κ3) is 3.02. The number of hydrogen-bond acceptors (Lipinski definition) is 4. The third-order valence-corrected chi connectivity index (χ3v) is 3.27. The summed E-state index contributed by atoms with van der Waals surface area (Å²) < 4.78 is 5.62. The minimum atomic E-state index is -0.437. The molecule has 4 heteroatoms. The number of morpholine rings is 1. The van der Waals surface area contributed by atoms with Crippen LogP contribution in [0.5, 0.6) is 0 Å². The Morgan fingerprint density at radius 3 is 2.56 bits per heavy atom. The zero-order valence-electron chi connectivity index (χ0n) is 10.9. The van der Waals surface area contributed by atoms with Crippen LogP contribution in [0, 0.1) is 0 Å². The average molecular weight is 251 g/mol. The van der Waals surface area contributed by atoms with E-state index in [0.717, 1.165) is 17.8 Å². The van der Waals surface area contributed by atoms with Crippen LogP contribution in [-0.4, -0.2) is 42.1 Å². The predicted molar refractivity (Wildman–Crippen MR) is 70.7 cm³/mol. The molecule has 0 radical (unpaired) electrons. The van der Waals surface area contributed by atoms with Gasteiger partial charge in [0.1, 0.15) is 0 Å². The van der Waals surface area contributed by atoms with Gasteiger partial charge in [-0.2, -0.15) is 0 Å². The van der Waals surface area contributed by atoms with Crippen LogP contribution in [0.1, 0.15) is 25.5 Å². The van der Waals surface area contributed by atoms with Crippen LogP contribution in [-0.2, 0) is 4.74 Å². The van der Waals surface area contributed by atoms with Crippen molar-refractivity contribution in [3.05, 3.63) is 29.8 Å². The van der Waals surface area contributed by atoms with E-state index in [-0.39, 0.29) is 18.8 Å². The van der Waals surface area contributed by atoms with Crippen molar-refractivity contribution in [2.75, 3.05) is 24.6 Å². The van der Waals surface area contributed by atoms with E-state index in [9.17, 15) is 10.2 Å². The molecule has 100 valence electrons. The highest BCUT2D eigenvalue weighted by atomic mass is 16.5. The van der Waals surface area contributed by atoms with E-state index in [2.05, 4.69) is 4.90 Å². The fraction of sp³-hybridized carbons (Fsp3) is 0.571. The molecule has 0 spiro atoms. The van der Waals surface area contributed by atoms with E-state index in [4.69, 9.17) is 4.74 Å². The molecule has 0 amide bonds. The first kappa shape index (κ1) is 13.3. The van der Waals surface area contributed by atoms with Crippen LogP contribution in [0.2, 0.25) is 0 Å². The Kier molecular flexibility index (Phi) is 4.22. The smallest absolute Gasteiger partial charge is 0.0984 e. The molecule has 2 N–H and O–H groups in total. The van der Waals surface area contributed by atoms with Gasteiger partial charge in [0.05, 0.1) is 24.9 Å². The van der Waals surface area contributed by atoms with Crippen LogP contribution < -0.4 is 4.90 Å². The average Bonchev–Trinajstić information content (AvgIpc) is 2.38. The van der Waals surface area contributed by atoms with Crippen molar-refractivity contribution < 1.29 is 14.9 Å². The van der Waals surface area contributed by atoms with Gasteiger partial charge in [0, 0.05) is 18.8 Å². The molecule has 0 aromatic heterocycles. The molecule has 0 aliphatic carbocycles. The normalized spacial score (nSPS) is 26.1. The molecule has 4 nitrogen and oxygen atoms in total. The van der Waals surface area contributed by atoms with Crippen molar-refractivity contribution in [1.82, 2.24) is 0 Å². The maximum absolute atomic E-state index is 9.48. The SMILES string of the molecule is CC1CN(c2ccc([C@H](C)O)cc2)CC(CO)O1. The lowest BCUT2D eigenvalue weighted by molar-refractivity contribution is -0.0421. The van der Waals surface area contributed by atoms with Gasteiger partial charge >= 0.3 is 0 Å². The van der Waals surface area contributed by atoms with E-state index in [0.29, 0.717) is 6.54 Å². The number of anilines is 1. The lowest BCUT2D eigenvalue weighted by atomic mass is 10.1. The quantitative estimate of drug-likeness (QED) is 0.851. The molecule has 2 unspecified atom stereocenters. The van der Waals surface area contributed by atoms with E-state index < -0.39 is 6.10 Å². The molecule has 1 aliphatic rings. The Morgan fingerprint density at radius 2 is 2.00 bits per heavy atom. The fourth-order valence-corrected chi connectivity index (χ4v) is 2.32. The summed E-state index contributed by atoms with van der Waals surface area (Å²) in [6, 6.07) is 7.89. The second kappa shape index (κ2) is 5.69. The van der Waals surface area contributed by atoms with Gasteiger partial charge in [-0.15, -0.1) is 0 Å². The van der Waals surface area contributed by atoms with Gasteiger partial charge in [0.15, 0.2) is 0 Å². The zero-order chi connectivity index (χ0) is 13.1. The standard InChI is InChI=1S/C14H21NO3/c1-10-7-15(8-14(9-16)18-10)13-5-3-12(4-6-13)11(2)17/h3-6,10-11,14,16-17H,7-9H2,1-2H3/t10?,11-,14?/m0/s1. The van der Waals surface area contributed by atoms with Crippen molar-refractivity contribution in [3.63, 3.8) is 0 Å². The number of nitrogens with zero attached hydrogens (tertiary/aromatic N) is 1. The molecule has 0 saturated carbocycles. The largest absolute Gasteiger partial charge is 0.394 e. The third-order valence-electron chi connectivity index (χ3n) is 3.27. The minimum Gasteiger partial charge on any atom is -0.394 e. The maximum Gasteiger partial charge on any atom is 0.0984 e. The van der Waals surface area contributed by atoms with Crippen LogP contribution in [0.4, 0.5) is 5.69 Å². The summed E-state index contributed by atoms with van der Waals surface area (Å²) in [7, 11) is 0. The molecule has 3 atom stereocenters. The first-order valence-corrected chi connectivity index (χ1v) is 6.39. The van der Waals surface area contributed by atoms with Gasteiger partial charge in [-0.1, -0.05) is 12.1 Å². The topological polar surface area (TPSA) is 52.9 Å². The highest BCUT2D eigenvalue weighted by Gasteiger charge is 2.24. The Bertz CT molecular complexity index is 377. The summed E-state index contributed by atoms with van der Waals surface area (Å²) >= 11 is 0. The summed E-state index contributed by atoms with van der Waals surface area (Å²) in [5, 5.41) is 18.7. The fourth-order valence-electron chi connectivity index (χ4n) is 2.32. The second-order valence-corrected chi connectivity index (χ2v) is 4.92. The molecule has 1 fully saturated rings. The van der Waals surface area contributed by atoms with Crippen LogP contribution in [0.15, 0.2) is 24.3 Å². The van der Waals surface area contributed by atoms with Crippen molar-refractivity contribution in [1.29, 1.82) is 0 Å². The van der Waals surface area contributed by atoms with Gasteiger partial charge in [0.2, 0.25) is 0 Å². The summed E-state index contributed by atoms with van der Waals surface area (Å²) in [4.78, 5) is 2.21. The molecule has 1 heterocycles. The van der Waals surface area contributed by atoms with E-state index >= 15 is 0 Å². The van der Waals surface area contributed by atoms with Gasteiger partial charge in [-0.3, -0.25) is 0 Å². The molecular formula is C14H21NO3. The molecule has 1 saturated heterocycles. The summed E-state index contributed by atoms with van der Waals surface area (Å²) in [5.41, 5.74) is 2.02. The highest BCUT2D eigenvalue weighted by molar-refractivity contribution is 5.48.